The summed E-state index contributed by atoms with van der Waals surface area (Å²) < 4.78 is 0. The van der Waals surface area contributed by atoms with Gasteiger partial charge >= 0.3 is 0 Å². The summed E-state index contributed by atoms with van der Waals surface area (Å²) in [6, 6.07) is 7.55. The highest BCUT2D eigenvalue weighted by Gasteiger charge is 2.12. The molecule has 0 saturated carbocycles. The lowest BCUT2D eigenvalue weighted by molar-refractivity contribution is 0.0947. The van der Waals surface area contributed by atoms with E-state index < -0.39 is 0 Å². The summed E-state index contributed by atoms with van der Waals surface area (Å²) in [5, 5.41) is 3.67. The Morgan fingerprint density at radius 2 is 2.00 bits per heavy atom. The van der Waals surface area contributed by atoms with E-state index in [9.17, 15) is 4.79 Å². The van der Waals surface area contributed by atoms with Crippen LogP contribution in [-0.2, 0) is 0 Å². The second-order valence-corrected chi connectivity index (χ2v) is 4.70. The lowest BCUT2D eigenvalue weighted by Crippen LogP contribution is -2.32. The van der Waals surface area contributed by atoms with Crippen LogP contribution in [0.4, 0.5) is 0 Å². The first kappa shape index (κ1) is 13.4. The molecule has 1 heterocycles. The monoisotopic (exact) mass is 258 g/mol. The number of carbonyl (C=O) groups excluding carboxylic acids is 1. The Morgan fingerprint density at radius 1 is 1.26 bits per heavy atom. The summed E-state index contributed by atoms with van der Waals surface area (Å²) in [4.78, 5) is 22.8. The summed E-state index contributed by atoms with van der Waals surface area (Å²) in [6.07, 6.45) is 0. The summed E-state index contributed by atoms with van der Waals surface area (Å²) >= 11 is 0. The Balaban J connectivity index is 2.26. The number of hydrogen-bond donors (Lipinski definition) is 1. The van der Waals surface area contributed by atoms with Crippen LogP contribution in [0.15, 0.2) is 24.3 Å². The minimum atomic E-state index is -0.149. The van der Waals surface area contributed by atoms with Gasteiger partial charge in [-0.2, -0.15) is 0 Å². The fraction of sp³-hybridized carbons (Fsp3) is 0.357. The molecule has 0 saturated heterocycles. The molecule has 0 fully saturated rings. The topological polar surface area (TPSA) is 58.1 Å². The number of carbonyl (C=O) groups is 1. The Kier molecular flexibility index (Phi) is 4.06. The van der Waals surface area contributed by atoms with Crippen LogP contribution in [-0.4, -0.2) is 48.0 Å². The molecule has 1 aromatic heterocycles. The fourth-order valence-electron chi connectivity index (χ4n) is 1.84. The molecule has 5 nitrogen and oxygen atoms in total. The zero-order chi connectivity index (χ0) is 13.8. The minimum Gasteiger partial charge on any atom is -0.349 e. The van der Waals surface area contributed by atoms with Crippen LogP contribution in [0, 0.1) is 6.92 Å². The van der Waals surface area contributed by atoms with Gasteiger partial charge in [-0.15, -0.1) is 0 Å². The molecule has 0 radical (unpaired) electrons. The number of benzene rings is 1. The molecule has 1 amide bonds. The third kappa shape index (κ3) is 3.26. The van der Waals surface area contributed by atoms with Gasteiger partial charge in [0.05, 0.1) is 5.52 Å². The molecule has 19 heavy (non-hydrogen) atoms. The highest BCUT2D eigenvalue weighted by Crippen LogP contribution is 2.15. The van der Waals surface area contributed by atoms with Crippen molar-refractivity contribution in [2.24, 2.45) is 0 Å². The molecule has 100 valence electrons. The molecule has 0 aliphatic heterocycles. The highest BCUT2D eigenvalue weighted by atomic mass is 16.1. The zero-order valence-corrected chi connectivity index (χ0v) is 11.5. The quantitative estimate of drug-likeness (QED) is 0.896. The van der Waals surface area contributed by atoms with Gasteiger partial charge in [0.15, 0.2) is 0 Å². The maximum atomic E-state index is 12.2. The van der Waals surface area contributed by atoms with Crippen molar-refractivity contribution < 1.29 is 4.79 Å². The zero-order valence-electron chi connectivity index (χ0n) is 11.5. The van der Waals surface area contributed by atoms with E-state index >= 15 is 0 Å². The van der Waals surface area contributed by atoms with E-state index in [0.29, 0.717) is 18.1 Å². The van der Waals surface area contributed by atoms with Crippen LogP contribution in [0.25, 0.3) is 10.9 Å². The van der Waals surface area contributed by atoms with Crippen LogP contribution in [0.3, 0.4) is 0 Å². The number of para-hydroxylation sites is 1. The van der Waals surface area contributed by atoms with Crippen LogP contribution in [0.5, 0.6) is 0 Å². The smallest absolute Gasteiger partial charge is 0.270 e. The lowest BCUT2D eigenvalue weighted by atomic mass is 10.1. The summed E-state index contributed by atoms with van der Waals surface area (Å²) in [7, 11) is 3.94. The number of aryl methyl sites for hydroxylation is 1. The number of hydrogen-bond acceptors (Lipinski definition) is 4. The molecular weight excluding hydrogens is 240 g/mol. The van der Waals surface area contributed by atoms with E-state index in [2.05, 4.69) is 15.3 Å². The fourth-order valence-corrected chi connectivity index (χ4v) is 1.84. The van der Waals surface area contributed by atoms with Crippen molar-refractivity contribution in [3.63, 3.8) is 0 Å². The molecule has 0 atom stereocenters. The first-order valence-electron chi connectivity index (χ1n) is 6.24. The van der Waals surface area contributed by atoms with Crippen molar-refractivity contribution in [2.45, 2.75) is 6.92 Å². The molecule has 1 N–H and O–H groups in total. The predicted molar refractivity (Wildman–Crippen MR) is 75.2 cm³/mol. The number of rotatable bonds is 4. The van der Waals surface area contributed by atoms with Crippen molar-refractivity contribution in [3.8, 4) is 0 Å². The number of likely N-dealkylation sites (N-methyl/N-ethyl adjacent to an activating group) is 1. The van der Waals surface area contributed by atoms with Crippen molar-refractivity contribution >= 4 is 16.8 Å². The van der Waals surface area contributed by atoms with Gasteiger partial charge in [0, 0.05) is 18.5 Å². The SMILES string of the molecule is Cc1nc(C(=O)NCCN(C)C)c2ccccc2n1. The highest BCUT2D eigenvalue weighted by molar-refractivity contribution is 6.04. The maximum absolute atomic E-state index is 12.2. The maximum Gasteiger partial charge on any atom is 0.270 e. The third-order valence-corrected chi connectivity index (χ3v) is 2.77. The largest absolute Gasteiger partial charge is 0.349 e. The van der Waals surface area contributed by atoms with Crippen LogP contribution in [0.1, 0.15) is 16.3 Å². The van der Waals surface area contributed by atoms with Gasteiger partial charge in [0.2, 0.25) is 0 Å². The number of aromatic nitrogens is 2. The van der Waals surface area contributed by atoms with Crippen LogP contribution >= 0.6 is 0 Å². The average molecular weight is 258 g/mol. The third-order valence-electron chi connectivity index (χ3n) is 2.77. The molecule has 0 bridgehead atoms. The van der Waals surface area contributed by atoms with Gasteiger partial charge < -0.3 is 10.2 Å². The number of nitrogens with zero attached hydrogens (tertiary/aromatic N) is 3. The Bertz CT molecular complexity index is 595. The lowest BCUT2D eigenvalue weighted by Gasteiger charge is -2.11. The first-order valence-corrected chi connectivity index (χ1v) is 6.24. The summed E-state index contributed by atoms with van der Waals surface area (Å²) in [5.41, 5.74) is 1.25. The normalized spacial score (nSPS) is 10.9. The molecule has 1 aromatic carbocycles. The Morgan fingerprint density at radius 3 is 2.74 bits per heavy atom. The molecular formula is C14H18N4O. The molecule has 0 aliphatic carbocycles. The van der Waals surface area contributed by atoms with Gasteiger partial charge in [-0.1, -0.05) is 18.2 Å². The molecule has 5 heteroatoms. The number of nitrogens with one attached hydrogen (secondary N) is 1. The molecule has 0 aliphatic rings. The Labute approximate surface area is 112 Å². The van der Waals surface area contributed by atoms with E-state index in [-0.39, 0.29) is 5.91 Å². The molecule has 2 rings (SSSR count). The van der Waals surface area contributed by atoms with Crippen molar-refractivity contribution in [1.29, 1.82) is 0 Å². The number of amides is 1. The van der Waals surface area contributed by atoms with Crippen molar-refractivity contribution in [1.82, 2.24) is 20.2 Å². The van der Waals surface area contributed by atoms with Gasteiger partial charge in [0.25, 0.3) is 5.91 Å². The van der Waals surface area contributed by atoms with Gasteiger partial charge in [0.1, 0.15) is 11.5 Å². The first-order chi connectivity index (χ1) is 9.08. The Hall–Kier alpha value is -2.01. The van der Waals surface area contributed by atoms with E-state index in [1.54, 1.807) is 6.92 Å². The molecule has 2 aromatic rings. The van der Waals surface area contributed by atoms with E-state index in [1.807, 2.05) is 43.3 Å². The van der Waals surface area contributed by atoms with E-state index in [0.717, 1.165) is 17.4 Å². The van der Waals surface area contributed by atoms with Crippen LogP contribution < -0.4 is 5.32 Å². The standard InChI is InChI=1S/C14H18N4O/c1-10-16-12-7-5-4-6-11(12)13(17-10)14(19)15-8-9-18(2)3/h4-7H,8-9H2,1-3H3,(H,15,19). The van der Waals surface area contributed by atoms with E-state index in [4.69, 9.17) is 0 Å². The van der Waals surface area contributed by atoms with Crippen molar-refractivity contribution in [2.75, 3.05) is 27.2 Å². The van der Waals surface area contributed by atoms with Gasteiger partial charge in [-0.3, -0.25) is 4.79 Å². The predicted octanol–water partition coefficient (Wildman–Crippen LogP) is 1.23. The molecule has 0 unspecified atom stereocenters. The van der Waals surface area contributed by atoms with Gasteiger partial charge in [-0.25, -0.2) is 9.97 Å². The summed E-state index contributed by atoms with van der Waals surface area (Å²) in [5.74, 6) is 0.458. The van der Waals surface area contributed by atoms with Crippen LogP contribution in [0.2, 0.25) is 0 Å². The summed E-state index contributed by atoms with van der Waals surface area (Å²) in [6.45, 7) is 3.19. The van der Waals surface area contributed by atoms with E-state index in [1.165, 1.54) is 0 Å². The second-order valence-electron chi connectivity index (χ2n) is 4.70. The molecule has 0 spiro atoms. The van der Waals surface area contributed by atoms with Gasteiger partial charge in [-0.05, 0) is 27.1 Å². The minimum absolute atomic E-state index is 0.149. The number of fused-ring (bicyclic) bond motifs is 1. The second kappa shape index (κ2) is 5.75. The average Bonchev–Trinajstić information content (AvgIpc) is 2.37. The van der Waals surface area contributed by atoms with Crippen molar-refractivity contribution in [3.05, 3.63) is 35.8 Å².